The highest BCUT2D eigenvalue weighted by Crippen LogP contribution is 2.28. The first kappa shape index (κ1) is 21.9. The van der Waals surface area contributed by atoms with Crippen molar-refractivity contribution in [3.05, 3.63) is 48.2 Å². The van der Waals surface area contributed by atoms with E-state index in [1.54, 1.807) is 29.1 Å². The van der Waals surface area contributed by atoms with Crippen LogP contribution in [0.1, 0.15) is 12.5 Å². The minimum Gasteiger partial charge on any atom is -0.461 e. The number of nitrogens with zero attached hydrogens (tertiary/aromatic N) is 5. The second kappa shape index (κ2) is 9.90. The van der Waals surface area contributed by atoms with Crippen molar-refractivity contribution < 1.29 is 18.7 Å². The van der Waals surface area contributed by atoms with E-state index in [2.05, 4.69) is 10.2 Å². The highest BCUT2D eigenvalue weighted by Gasteiger charge is 2.26. The van der Waals surface area contributed by atoms with Crippen LogP contribution in [0.15, 0.2) is 52.2 Å². The Hall–Kier alpha value is -3.27. The molecular formula is C22H25N5O4S. The first-order valence-electron chi connectivity index (χ1n) is 10.5. The van der Waals surface area contributed by atoms with Crippen LogP contribution in [0.2, 0.25) is 0 Å². The van der Waals surface area contributed by atoms with Crippen LogP contribution in [0.3, 0.4) is 0 Å². The highest BCUT2D eigenvalue weighted by molar-refractivity contribution is 7.99. The molecular weight excluding hydrogens is 430 g/mol. The van der Waals surface area contributed by atoms with Gasteiger partial charge in [-0.15, -0.1) is 10.2 Å². The SMILES string of the molecule is CCOC(=O)N1CCN(C(=O)CSc2nnc(-c3ccco3)n2-c2ccc(C)cc2)CC1. The maximum absolute atomic E-state index is 12.8. The normalized spacial score (nSPS) is 13.9. The van der Waals surface area contributed by atoms with E-state index in [1.165, 1.54) is 11.8 Å². The van der Waals surface area contributed by atoms with E-state index in [-0.39, 0.29) is 17.8 Å². The van der Waals surface area contributed by atoms with E-state index in [0.717, 1.165) is 11.3 Å². The fourth-order valence-corrected chi connectivity index (χ4v) is 4.28. The van der Waals surface area contributed by atoms with Gasteiger partial charge in [0.25, 0.3) is 0 Å². The molecule has 4 rings (SSSR count). The van der Waals surface area contributed by atoms with Gasteiger partial charge in [-0.25, -0.2) is 4.79 Å². The van der Waals surface area contributed by atoms with E-state index in [1.807, 2.05) is 41.8 Å². The van der Waals surface area contributed by atoms with Gasteiger partial charge in [-0.05, 0) is 38.1 Å². The molecule has 32 heavy (non-hydrogen) atoms. The molecule has 1 saturated heterocycles. The summed E-state index contributed by atoms with van der Waals surface area (Å²) in [4.78, 5) is 28.0. The standard InChI is InChI=1S/C22H25N5O4S/c1-3-30-22(29)26-12-10-25(11-13-26)19(28)15-32-21-24-23-20(18-5-4-14-31-18)27(21)17-8-6-16(2)7-9-17/h4-9,14H,3,10-13,15H2,1-2H3. The van der Waals surface area contributed by atoms with Crippen molar-refractivity contribution >= 4 is 23.8 Å². The van der Waals surface area contributed by atoms with E-state index < -0.39 is 0 Å². The third-order valence-corrected chi connectivity index (χ3v) is 6.06. The number of aromatic nitrogens is 3. The topological polar surface area (TPSA) is 93.7 Å². The molecule has 1 aromatic carbocycles. The van der Waals surface area contributed by atoms with E-state index in [9.17, 15) is 9.59 Å². The summed E-state index contributed by atoms with van der Waals surface area (Å²) in [6.45, 7) is 6.06. The van der Waals surface area contributed by atoms with Crippen LogP contribution < -0.4 is 0 Å². The summed E-state index contributed by atoms with van der Waals surface area (Å²) < 4.78 is 12.5. The molecule has 3 heterocycles. The van der Waals surface area contributed by atoms with Crippen molar-refractivity contribution in [3.63, 3.8) is 0 Å². The van der Waals surface area contributed by atoms with Crippen molar-refractivity contribution in [2.24, 2.45) is 0 Å². The fraction of sp³-hybridized carbons (Fsp3) is 0.364. The van der Waals surface area contributed by atoms with Crippen molar-refractivity contribution in [2.45, 2.75) is 19.0 Å². The number of thioether (sulfide) groups is 1. The van der Waals surface area contributed by atoms with Gasteiger partial charge < -0.3 is 19.0 Å². The number of hydrogen-bond donors (Lipinski definition) is 0. The number of amides is 2. The lowest BCUT2D eigenvalue weighted by atomic mass is 10.2. The lowest BCUT2D eigenvalue weighted by Gasteiger charge is -2.34. The van der Waals surface area contributed by atoms with Crippen LogP contribution in [-0.4, -0.2) is 75.1 Å². The zero-order valence-corrected chi connectivity index (χ0v) is 18.9. The van der Waals surface area contributed by atoms with Gasteiger partial charge >= 0.3 is 6.09 Å². The molecule has 0 N–H and O–H groups in total. The summed E-state index contributed by atoms with van der Waals surface area (Å²) in [6.07, 6.45) is 1.26. The van der Waals surface area contributed by atoms with Crippen molar-refractivity contribution in [1.82, 2.24) is 24.6 Å². The second-order valence-corrected chi connectivity index (χ2v) is 8.25. The number of carbonyl (C=O) groups excluding carboxylic acids is 2. The fourth-order valence-electron chi connectivity index (χ4n) is 3.43. The Balaban J connectivity index is 1.45. The van der Waals surface area contributed by atoms with Crippen LogP contribution in [0.5, 0.6) is 0 Å². The molecule has 2 aromatic heterocycles. The number of aryl methyl sites for hydroxylation is 1. The highest BCUT2D eigenvalue weighted by atomic mass is 32.2. The molecule has 9 nitrogen and oxygen atoms in total. The van der Waals surface area contributed by atoms with Crippen molar-refractivity contribution in [1.29, 1.82) is 0 Å². The molecule has 0 aliphatic carbocycles. The van der Waals surface area contributed by atoms with E-state index in [4.69, 9.17) is 9.15 Å². The zero-order chi connectivity index (χ0) is 22.5. The summed E-state index contributed by atoms with van der Waals surface area (Å²) in [6, 6.07) is 11.7. The van der Waals surface area contributed by atoms with Crippen LogP contribution in [-0.2, 0) is 9.53 Å². The van der Waals surface area contributed by atoms with Gasteiger partial charge in [-0.2, -0.15) is 0 Å². The van der Waals surface area contributed by atoms with Crippen molar-refractivity contribution in [2.75, 3.05) is 38.5 Å². The van der Waals surface area contributed by atoms with Gasteiger partial charge in [0.05, 0.1) is 18.6 Å². The summed E-state index contributed by atoms with van der Waals surface area (Å²) in [7, 11) is 0. The zero-order valence-electron chi connectivity index (χ0n) is 18.1. The van der Waals surface area contributed by atoms with Gasteiger partial charge in [-0.1, -0.05) is 29.5 Å². The molecule has 0 unspecified atom stereocenters. The number of hydrogen-bond acceptors (Lipinski definition) is 7. The van der Waals surface area contributed by atoms with E-state index in [0.29, 0.717) is 49.5 Å². The van der Waals surface area contributed by atoms with Gasteiger partial charge in [0.15, 0.2) is 10.9 Å². The third-order valence-electron chi connectivity index (χ3n) is 5.15. The second-order valence-electron chi connectivity index (χ2n) is 7.31. The van der Waals surface area contributed by atoms with Crippen LogP contribution >= 0.6 is 11.8 Å². The lowest BCUT2D eigenvalue weighted by Crippen LogP contribution is -2.51. The first-order valence-corrected chi connectivity index (χ1v) is 11.4. The van der Waals surface area contributed by atoms with Gasteiger partial charge in [0.1, 0.15) is 0 Å². The molecule has 1 aliphatic rings. The molecule has 2 amide bonds. The predicted molar refractivity (Wildman–Crippen MR) is 120 cm³/mol. The third kappa shape index (κ3) is 4.80. The lowest BCUT2D eigenvalue weighted by molar-refractivity contribution is -0.129. The molecule has 1 fully saturated rings. The Bertz CT molecular complexity index is 1060. The van der Waals surface area contributed by atoms with Gasteiger partial charge in [0.2, 0.25) is 11.7 Å². The van der Waals surface area contributed by atoms with Crippen LogP contribution in [0.25, 0.3) is 17.3 Å². The summed E-state index contributed by atoms with van der Waals surface area (Å²) in [5.41, 5.74) is 2.04. The molecule has 0 radical (unpaired) electrons. The quantitative estimate of drug-likeness (QED) is 0.527. The van der Waals surface area contributed by atoms with Crippen molar-refractivity contribution in [3.8, 4) is 17.3 Å². The Labute approximate surface area is 190 Å². The Morgan fingerprint density at radius 3 is 2.44 bits per heavy atom. The van der Waals surface area contributed by atoms with Crippen LogP contribution in [0, 0.1) is 6.92 Å². The Morgan fingerprint density at radius 2 is 1.78 bits per heavy atom. The number of furan rings is 1. The largest absolute Gasteiger partial charge is 0.461 e. The summed E-state index contributed by atoms with van der Waals surface area (Å²) in [5.74, 6) is 1.40. The average Bonchev–Trinajstić information content (AvgIpc) is 3.48. The molecule has 0 bridgehead atoms. The maximum atomic E-state index is 12.8. The Kier molecular flexibility index (Phi) is 6.79. The minimum absolute atomic E-state index is 0.00323. The Morgan fingerprint density at radius 1 is 1.06 bits per heavy atom. The number of piperazine rings is 1. The van der Waals surface area contributed by atoms with Crippen LogP contribution in [0.4, 0.5) is 4.79 Å². The predicted octanol–water partition coefficient (Wildman–Crippen LogP) is 3.23. The number of rotatable bonds is 6. The molecule has 0 saturated carbocycles. The van der Waals surface area contributed by atoms with Gasteiger partial charge in [-0.3, -0.25) is 9.36 Å². The molecule has 1 aliphatic heterocycles. The monoisotopic (exact) mass is 455 g/mol. The smallest absolute Gasteiger partial charge is 0.409 e. The molecule has 168 valence electrons. The number of ether oxygens (including phenoxy) is 1. The summed E-state index contributed by atoms with van der Waals surface area (Å²) >= 11 is 1.33. The van der Waals surface area contributed by atoms with E-state index >= 15 is 0 Å². The van der Waals surface area contributed by atoms with Gasteiger partial charge in [0, 0.05) is 31.9 Å². The minimum atomic E-state index is -0.328. The molecule has 3 aromatic rings. The first-order chi connectivity index (χ1) is 15.6. The molecule has 10 heteroatoms. The number of benzene rings is 1. The summed E-state index contributed by atoms with van der Waals surface area (Å²) in [5, 5.41) is 9.24. The molecule has 0 atom stereocenters. The number of carbonyl (C=O) groups is 2. The molecule has 0 spiro atoms. The average molecular weight is 456 g/mol. The maximum Gasteiger partial charge on any atom is 0.409 e.